The van der Waals surface area contributed by atoms with E-state index >= 15 is 0 Å². The van der Waals surface area contributed by atoms with E-state index in [0.29, 0.717) is 17.8 Å². The summed E-state index contributed by atoms with van der Waals surface area (Å²) in [6.07, 6.45) is 0. The average Bonchev–Trinajstić information content (AvgIpc) is 2.55. The van der Waals surface area contributed by atoms with Crippen LogP contribution in [0.3, 0.4) is 0 Å². The van der Waals surface area contributed by atoms with Crippen LogP contribution in [0.5, 0.6) is 0 Å². The van der Waals surface area contributed by atoms with Gasteiger partial charge in [0, 0.05) is 25.3 Å². The number of benzene rings is 2. The molecule has 3 rings (SSSR count). The number of piperazine rings is 1. The van der Waals surface area contributed by atoms with Gasteiger partial charge in [-0.1, -0.05) is 35.9 Å². The number of hydrogen-bond donors (Lipinski definition) is 0. The van der Waals surface area contributed by atoms with Crippen LogP contribution < -0.4 is 4.90 Å². The fourth-order valence-electron chi connectivity index (χ4n) is 3.18. The van der Waals surface area contributed by atoms with Gasteiger partial charge >= 0.3 is 0 Å². The minimum atomic E-state index is -0.268. The third-order valence-electron chi connectivity index (χ3n) is 4.72. The molecule has 0 aliphatic carbocycles. The molecule has 1 saturated heterocycles. The predicted molar refractivity (Wildman–Crippen MR) is 94.5 cm³/mol. The van der Waals surface area contributed by atoms with Crippen LogP contribution in [0.2, 0.25) is 0 Å². The third kappa shape index (κ3) is 3.34. The molecule has 4 heteroatoms. The van der Waals surface area contributed by atoms with Crippen LogP contribution in [0, 0.1) is 19.7 Å². The quantitative estimate of drug-likeness (QED) is 0.859. The SMILES string of the molecule is Cc1cccc(CN2CCN(c3ccc(C)c(F)c3)C(=O)[C@H]2C)c1. The molecule has 1 atom stereocenters. The van der Waals surface area contributed by atoms with Crippen LogP contribution in [0.1, 0.15) is 23.6 Å². The molecule has 0 bridgehead atoms. The fourth-order valence-corrected chi connectivity index (χ4v) is 3.18. The molecule has 1 heterocycles. The van der Waals surface area contributed by atoms with Crippen molar-refractivity contribution in [2.24, 2.45) is 0 Å². The van der Waals surface area contributed by atoms with Crippen LogP contribution in [0.4, 0.5) is 10.1 Å². The van der Waals surface area contributed by atoms with E-state index < -0.39 is 0 Å². The van der Waals surface area contributed by atoms with E-state index in [0.717, 1.165) is 13.1 Å². The largest absolute Gasteiger partial charge is 0.310 e. The monoisotopic (exact) mass is 326 g/mol. The zero-order chi connectivity index (χ0) is 17.3. The molecule has 0 radical (unpaired) electrons. The van der Waals surface area contributed by atoms with Gasteiger partial charge in [0.1, 0.15) is 5.82 Å². The average molecular weight is 326 g/mol. The summed E-state index contributed by atoms with van der Waals surface area (Å²) in [4.78, 5) is 16.6. The number of rotatable bonds is 3. The number of aryl methyl sites for hydroxylation is 2. The summed E-state index contributed by atoms with van der Waals surface area (Å²) in [6.45, 7) is 7.83. The van der Waals surface area contributed by atoms with E-state index in [4.69, 9.17) is 0 Å². The molecule has 3 nitrogen and oxygen atoms in total. The fraction of sp³-hybridized carbons (Fsp3) is 0.350. The van der Waals surface area contributed by atoms with E-state index in [2.05, 4.69) is 30.0 Å². The third-order valence-corrected chi connectivity index (χ3v) is 4.72. The zero-order valence-corrected chi connectivity index (χ0v) is 14.4. The van der Waals surface area contributed by atoms with Crippen LogP contribution in [-0.4, -0.2) is 29.9 Å². The molecular formula is C20H23FN2O. The van der Waals surface area contributed by atoms with E-state index in [1.54, 1.807) is 17.9 Å². The molecule has 24 heavy (non-hydrogen) atoms. The topological polar surface area (TPSA) is 23.6 Å². The Morgan fingerprint density at radius 1 is 1.12 bits per heavy atom. The van der Waals surface area contributed by atoms with Crippen molar-refractivity contribution in [2.75, 3.05) is 18.0 Å². The molecule has 2 aromatic carbocycles. The Balaban J connectivity index is 1.74. The highest BCUT2D eigenvalue weighted by atomic mass is 19.1. The lowest BCUT2D eigenvalue weighted by atomic mass is 10.1. The van der Waals surface area contributed by atoms with Gasteiger partial charge in [0.25, 0.3) is 0 Å². The first kappa shape index (κ1) is 16.7. The maximum Gasteiger partial charge on any atom is 0.244 e. The highest BCUT2D eigenvalue weighted by Crippen LogP contribution is 2.23. The van der Waals surface area contributed by atoms with Crippen LogP contribution in [-0.2, 0) is 11.3 Å². The van der Waals surface area contributed by atoms with Crippen molar-refractivity contribution in [1.29, 1.82) is 0 Å². The van der Waals surface area contributed by atoms with Crippen molar-refractivity contribution in [3.05, 3.63) is 65.0 Å². The van der Waals surface area contributed by atoms with Crippen LogP contribution in [0.25, 0.3) is 0 Å². The van der Waals surface area contributed by atoms with Gasteiger partial charge in [-0.2, -0.15) is 0 Å². The lowest BCUT2D eigenvalue weighted by molar-refractivity contribution is -0.125. The summed E-state index contributed by atoms with van der Waals surface area (Å²) in [5, 5.41) is 0. The zero-order valence-electron chi connectivity index (χ0n) is 14.4. The second kappa shape index (κ2) is 6.73. The number of anilines is 1. The Morgan fingerprint density at radius 3 is 2.62 bits per heavy atom. The van der Waals surface area contributed by atoms with Crippen LogP contribution >= 0.6 is 0 Å². The number of hydrogen-bond acceptors (Lipinski definition) is 2. The van der Waals surface area contributed by atoms with Crippen molar-refractivity contribution < 1.29 is 9.18 Å². The Morgan fingerprint density at radius 2 is 1.92 bits per heavy atom. The molecule has 1 amide bonds. The van der Waals surface area contributed by atoms with E-state index in [9.17, 15) is 9.18 Å². The molecule has 1 fully saturated rings. The van der Waals surface area contributed by atoms with Crippen molar-refractivity contribution in [2.45, 2.75) is 33.4 Å². The maximum absolute atomic E-state index is 13.8. The van der Waals surface area contributed by atoms with E-state index in [-0.39, 0.29) is 17.8 Å². The second-order valence-corrected chi connectivity index (χ2v) is 6.56. The molecule has 0 unspecified atom stereocenters. The number of carbonyl (C=O) groups is 1. The highest BCUT2D eigenvalue weighted by Gasteiger charge is 2.32. The molecule has 0 saturated carbocycles. The number of carbonyl (C=O) groups excluding carboxylic acids is 1. The van der Waals surface area contributed by atoms with Gasteiger partial charge in [0.05, 0.1) is 6.04 Å². The first-order valence-electron chi connectivity index (χ1n) is 8.33. The molecule has 1 aliphatic rings. The number of nitrogens with zero attached hydrogens (tertiary/aromatic N) is 2. The van der Waals surface area contributed by atoms with Crippen molar-refractivity contribution in [1.82, 2.24) is 4.90 Å². The Hall–Kier alpha value is -2.20. The summed E-state index contributed by atoms with van der Waals surface area (Å²) in [5.41, 5.74) is 3.67. The van der Waals surface area contributed by atoms with Gasteiger partial charge in [-0.3, -0.25) is 9.69 Å². The van der Waals surface area contributed by atoms with Crippen molar-refractivity contribution >= 4 is 11.6 Å². The van der Waals surface area contributed by atoms with Crippen LogP contribution in [0.15, 0.2) is 42.5 Å². The Bertz CT molecular complexity index is 759. The normalized spacial score (nSPS) is 18.9. The minimum Gasteiger partial charge on any atom is -0.310 e. The molecule has 0 N–H and O–H groups in total. The summed E-state index contributed by atoms with van der Waals surface area (Å²) in [6, 6.07) is 13.1. The molecular weight excluding hydrogens is 303 g/mol. The van der Waals surface area contributed by atoms with Gasteiger partial charge in [-0.05, 0) is 44.0 Å². The molecule has 0 aromatic heterocycles. The Labute approximate surface area is 142 Å². The highest BCUT2D eigenvalue weighted by molar-refractivity contribution is 5.97. The lowest BCUT2D eigenvalue weighted by Gasteiger charge is -2.39. The smallest absolute Gasteiger partial charge is 0.244 e. The van der Waals surface area contributed by atoms with E-state index in [1.165, 1.54) is 17.2 Å². The molecule has 1 aliphatic heterocycles. The molecule has 2 aromatic rings. The first-order valence-corrected chi connectivity index (χ1v) is 8.33. The number of amides is 1. The van der Waals surface area contributed by atoms with Gasteiger partial charge in [-0.15, -0.1) is 0 Å². The maximum atomic E-state index is 13.8. The number of halogens is 1. The summed E-state index contributed by atoms with van der Waals surface area (Å²) in [5.74, 6) is -0.243. The van der Waals surface area contributed by atoms with Gasteiger partial charge in [0.15, 0.2) is 0 Å². The predicted octanol–water partition coefficient (Wildman–Crippen LogP) is 3.68. The Kier molecular flexibility index (Phi) is 4.67. The first-order chi connectivity index (χ1) is 11.5. The second-order valence-electron chi connectivity index (χ2n) is 6.56. The standard InChI is InChI=1S/C20H23FN2O/c1-14-5-4-6-17(11-14)13-22-9-10-23(20(24)16(22)3)18-8-7-15(2)19(21)12-18/h4-8,11-12,16H,9-10,13H2,1-3H3/t16-/m1/s1. The van der Waals surface area contributed by atoms with E-state index in [1.807, 2.05) is 19.1 Å². The molecule has 126 valence electrons. The van der Waals surface area contributed by atoms with Gasteiger partial charge < -0.3 is 4.90 Å². The molecule has 0 spiro atoms. The summed E-state index contributed by atoms with van der Waals surface area (Å²) >= 11 is 0. The minimum absolute atomic E-state index is 0.0251. The summed E-state index contributed by atoms with van der Waals surface area (Å²) < 4.78 is 13.8. The summed E-state index contributed by atoms with van der Waals surface area (Å²) in [7, 11) is 0. The lowest BCUT2D eigenvalue weighted by Crippen LogP contribution is -2.55. The van der Waals surface area contributed by atoms with Crippen molar-refractivity contribution in [3.63, 3.8) is 0 Å². The van der Waals surface area contributed by atoms with Gasteiger partial charge in [0.2, 0.25) is 5.91 Å². The van der Waals surface area contributed by atoms with Crippen molar-refractivity contribution in [3.8, 4) is 0 Å². The van der Waals surface area contributed by atoms with Gasteiger partial charge in [-0.25, -0.2) is 4.39 Å².